The van der Waals surface area contributed by atoms with Gasteiger partial charge in [-0.1, -0.05) is 61.5 Å². The highest BCUT2D eigenvalue weighted by molar-refractivity contribution is 7.99. The molecule has 0 saturated heterocycles. The lowest BCUT2D eigenvalue weighted by atomic mass is 10.1. The molecule has 1 aromatic heterocycles. The number of halogens is 1. The summed E-state index contributed by atoms with van der Waals surface area (Å²) in [6.45, 7) is 6.08. The minimum atomic E-state index is -0.211. The smallest absolute Gasteiger partial charge is 0.266 e. The van der Waals surface area contributed by atoms with Gasteiger partial charge in [0.2, 0.25) is 5.91 Å². The Bertz CT molecular complexity index is 1060. The molecule has 0 unspecified atom stereocenters. The highest BCUT2D eigenvalue weighted by Crippen LogP contribution is 2.25. The van der Waals surface area contributed by atoms with Gasteiger partial charge in [-0.3, -0.25) is 14.2 Å². The Morgan fingerprint density at radius 1 is 1.14 bits per heavy atom. The Labute approximate surface area is 173 Å². The quantitative estimate of drug-likeness (QED) is 0.481. The maximum atomic E-state index is 13.2. The molecule has 1 N–H and O–H groups in total. The van der Waals surface area contributed by atoms with Crippen LogP contribution in [0, 0.1) is 5.92 Å². The van der Waals surface area contributed by atoms with Crippen LogP contribution in [0.25, 0.3) is 16.6 Å². The standard InChI is InChI=1S/C21H22ClN3O2S/c1-13(2)14(3)23-19(26)12-28-21-24-17-10-6-4-8-15(17)20(27)25(21)18-11-7-5-9-16(18)22/h4-11,13-14H,12H2,1-3H3,(H,23,26)/t14-/m1/s1. The van der Waals surface area contributed by atoms with Crippen LogP contribution in [0.4, 0.5) is 0 Å². The van der Waals surface area contributed by atoms with E-state index in [1.807, 2.05) is 19.1 Å². The first-order valence-electron chi connectivity index (χ1n) is 9.07. The Hall–Kier alpha value is -2.31. The van der Waals surface area contributed by atoms with Gasteiger partial charge in [0.1, 0.15) is 0 Å². The lowest BCUT2D eigenvalue weighted by Gasteiger charge is -2.18. The van der Waals surface area contributed by atoms with E-state index in [2.05, 4.69) is 24.1 Å². The molecule has 5 nitrogen and oxygen atoms in total. The largest absolute Gasteiger partial charge is 0.353 e. The van der Waals surface area contributed by atoms with Crippen molar-refractivity contribution in [2.75, 3.05) is 5.75 Å². The van der Waals surface area contributed by atoms with E-state index in [1.165, 1.54) is 16.3 Å². The molecular formula is C21H22ClN3O2S. The summed E-state index contributed by atoms with van der Waals surface area (Å²) in [5, 5.41) is 4.36. The van der Waals surface area contributed by atoms with Crippen molar-refractivity contribution in [1.29, 1.82) is 0 Å². The molecule has 3 aromatic rings. The fourth-order valence-corrected chi connectivity index (χ4v) is 3.68. The summed E-state index contributed by atoms with van der Waals surface area (Å²) in [4.78, 5) is 30.1. The number of nitrogens with zero attached hydrogens (tertiary/aromatic N) is 2. The van der Waals surface area contributed by atoms with E-state index in [1.54, 1.807) is 36.4 Å². The van der Waals surface area contributed by atoms with Crippen LogP contribution >= 0.6 is 23.4 Å². The van der Waals surface area contributed by atoms with Gasteiger partial charge in [0.05, 0.1) is 27.4 Å². The second-order valence-electron chi connectivity index (χ2n) is 6.89. The molecule has 0 aliphatic heterocycles. The summed E-state index contributed by atoms with van der Waals surface area (Å²) in [5.74, 6) is 0.403. The Kier molecular flexibility index (Phi) is 6.42. The predicted molar refractivity (Wildman–Crippen MR) is 116 cm³/mol. The lowest BCUT2D eigenvalue weighted by Crippen LogP contribution is -2.37. The average Bonchev–Trinajstić information content (AvgIpc) is 2.67. The van der Waals surface area contributed by atoms with E-state index < -0.39 is 0 Å². The fourth-order valence-electron chi connectivity index (χ4n) is 2.65. The predicted octanol–water partition coefficient (Wildman–Crippen LogP) is 4.29. The fraction of sp³-hybridized carbons (Fsp3) is 0.286. The van der Waals surface area contributed by atoms with Crippen LogP contribution in [-0.4, -0.2) is 27.3 Å². The molecule has 0 saturated carbocycles. The Balaban J connectivity index is 2.01. The molecule has 3 rings (SSSR count). The van der Waals surface area contributed by atoms with Crippen LogP contribution in [0.1, 0.15) is 20.8 Å². The third-order valence-corrected chi connectivity index (χ3v) is 5.82. The van der Waals surface area contributed by atoms with Gasteiger partial charge >= 0.3 is 0 Å². The number of fused-ring (bicyclic) bond motifs is 1. The van der Waals surface area contributed by atoms with Gasteiger partial charge in [-0.05, 0) is 37.1 Å². The number of carbonyl (C=O) groups is 1. The number of para-hydroxylation sites is 2. The molecule has 2 aromatic carbocycles. The monoisotopic (exact) mass is 415 g/mol. The number of benzene rings is 2. The molecule has 1 atom stereocenters. The summed E-state index contributed by atoms with van der Waals surface area (Å²) < 4.78 is 1.48. The molecule has 0 aliphatic carbocycles. The average molecular weight is 416 g/mol. The van der Waals surface area contributed by atoms with Gasteiger partial charge in [0, 0.05) is 6.04 Å². The third kappa shape index (κ3) is 4.39. The van der Waals surface area contributed by atoms with Crippen molar-refractivity contribution in [3.63, 3.8) is 0 Å². The van der Waals surface area contributed by atoms with Crippen molar-refractivity contribution < 1.29 is 4.79 Å². The number of amides is 1. The molecule has 0 radical (unpaired) electrons. The van der Waals surface area contributed by atoms with Crippen LogP contribution in [0.2, 0.25) is 5.02 Å². The Morgan fingerprint density at radius 3 is 2.54 bits per heavy atom. The topological polar surface area (TPSA) is 64.0 Å². The minimum Gasteiger partial charge on any atom is -0.353 e. The van der Waals surface area contributed by atoms with Crippen LogP contribution < -0.4 is 10.9 Å². The van der Waals surface area contributed by atoms with Crippen LogP contribution in [0.5, 0.6) is 0 Å². The maximum Gasteiger partial charge on any atom is 0.266 e. The molecule has 0 aliphatic rings. The molecular weight excluding hydrogens is 394 g/mol. The lowest BCUT2D eigenvalue weighted by molar-refractivity contribution is -0.119. The van der Waals surface area contributed by atoms with Crippen molar-refractivity contribution in [2.45, 2.75) is 32.0 Å². The number of aromatic nitrogens is 2. The molecule has 28 heavy (non-hydrogen) atoms. The number of thioether (sulfide) groups is 1. The molecule has 0 fully saturated rings. The zero-order valence-corrected chi connectivity index (χ0v) is 17.6. The van der Waals surface area contributed by atoms with Gasteiger partial charge in [-0.25, -0.2) is 4.98 Å². The van der Waals surface area contributed by atoms with E-state index in [4.69, 9.17) is 11.6 Å². The molecule has 1 heterocycles. The first-order valence-corrected chi connectivity index (χ1v) is 10.4. The van der Waals surface area contributed by atoms with E-state index in [9.17, 15) is 9.59 Å². The summed E-state index contributed by atoms with van der Waals surface area (Å²) in [7, 11) is 0. The number of hydrogen-bond acceptors (Lipinski definition) is 4. The first kappa shape index (κ1) is 20.4. The van der Waals surface area contributed by atoms with Crippen molar-refractivity contribution in [3.05, 3.63) is 63.9 Å². The SMILES string of the molecule is CC(C)[C@@H](C)NC(=O)CSc1nc2ccccc2c(=O)n1-c1ccccc1Cl. The highest BCUT2D eigenvalue weighted by Gasteiger charge is 2.17. The van der Waals surface area contributed by atoms with Gasteiger partial charge < -0.3 is 5.32 Å². The molecule has 0 spiro atoms. The summed E-state index contributed by atoms with van der Waals surface area (Å²) in [6.07, 6.45) is 0. The van der Waals surface area contributed by atoms with Gasteiger partial charge in [-0.2, -0.15) is 0 Å². The molecule has 0 bridgehead atoms. The normalized spacial score (nSPS) is 12.3. The number of hydrogen-bond donors (Lipinski definition) is 1. The molecule has 1 amide bonds. The van der Waals surface area contributed by atoms with Crippen molar-refractivity contribution in [3.8, 4) is 5.69 Å². The molecule has 7 heteroatoms. The van der Waals surface area contributed by atoms with Gasteiger partial charge in [0.15, 0.2) is 5.16 Å². The second kappa shape index (κ2) is 8.80. The van der Waals surface area contributed by atoms with Gasteiger partial charge in [-0.15, -0.1) is 0 Å². The maximum absolute atomic E-state index is 13.2. The third-order valence-electron chi connectivity index (χ3n) is 4.56. The Morgan fingerprint density at radius 2 is 1.82 bits per heavy atom. The van der Waals surface area contributed by atoms with Crippen molar-refractivity contribution in [1.82, 2.24) is 14.9 Å². The summed E-state index contributed by atoms with van der Waals surface area (Å²) in [6, 6.07) is 14.4. The number of carbonyl (C=O) groups excluding carboxylic acids is 1. The number of nitrogens with one attached hydrogen (secondary N) is 1. The van der Waals surface area contributed by atoms with Crippen LogP contribution in [0.3, 0.4) is 0 Å². The second-order valence-corrected chi connectivity index (χ2v) is 8.24. The summed E-state index contributed by atoms with van der Waals surface area (Å²) in [5.41, 5.74) is 0.928. The summed E-state index contributed by atoms with van der Waals surface area (Å²) >= 11 is 7.57. The van der Waals surface area contributed by atoms with Crippen LogP contribution in [0.15, 0.2) is 58.5 Å². The van der Waals surface area contributed by atoms with E-state index >= 15 is 0 Å². The van der Waals surface area contributed by atoms with E-state index in [0.29, 0.717) is 32.7 Å². The molecule has 146 valence electrons. The van der Waals surface area contributed by atoms with E-state index in [0.717, 1.165) is 0 Å². The van der Waals surface area contributed by atoms with Gasteiger partial charge in [0.25, 0.3) is 5.56 Å². The van der Waals surface area contributed by atoms with Crippen molar-refractivity contribution >= 4 is 40.2 Å². The zero-order chi connectivity index (χ0) is 20.3. The first-order chi connectivity index (χ1) is 13.4. The zero-order valence-electron chi connectivity index (χ0n) is 16.0. The highest BCUT2D eigenvalue weighted by atomic mass is 35.5. The minimum absolute atomic E-state index is 0.0726. The van der Waals surface area contributed by atoms with Crippen LogP contribution in [-0.2, 0) is 4.79 Å². The van der Waals surface area contributed by atoms with Crippen molar-refractivity contribution in [2.24, 2.45) is 5.92 Å². The van der Waals surface area contributed by atoms with E-state index in [-0.39, 0.29) is 23.3 Å². The number of rotatable bonds is 6.